The average molecular weight is 338 g/mol. The van der Waals surface area contributed by atoms with Crippen molar-refractivity contribution in [2.24, 2.45) is 0 Å². The maximum atomic E-state index is 14.1. The lowest BCUT2D eigenvalue weighted by atomic mass is 9.98. The van der Waals surface area contributed by atoms with Crippen molar-refractivity contribution in [3.63, 3.8) is 0 Å². The van der Waals surface area contributed by atoms with E-state index in [1.54, 1.807) is 30.3 Å². The van der Waals surface area contributed by atoms with Crippen LogP contribution in [0.1, 0.15) is 5.56 Å². The number of methoxy groups -OCH3 is 1. The van der Waals surface area contributed by atoms with Crippen molar-refractivity contribution in [1.29, 1.82) is 5.26 Å². The van der Waals surface area contributed by atoms with E-state index in [4.69, 9.17) is 4.74 Å². The molecular formula is C19H12F2N2O2. The summed E-state index contributed by atoms with van der Waals surface area (Å²) >= 11 is 0. The van der Waals surface area contributed by atoms with Gasteiger partial charge in [-0.2, -0.15) is 5.26 Å². The minimum absolute atomic E-state index is 0.0362. The first-order valence-electron chi connectivity index (χ1n) is 7.30. The lowest BCUT2D eigenvalue weighted by Crippen LogP contribution is -2.13. The number of nitrogens with one attached hydrogen (secondary N) is 1. The maximum Gasteiger partial charge on any atom is 0.266 e. The predicted molar refractivity (Wildman–Crippen MR) is 89.1 cm³/mol. The van der Waals surface area contributed by atoms with Crippen LogP contribution in [0.2, 0.25) is 0 Å². The highest BCUT2D eigenvalue weighted by molar-refractivity contribution is 5.75. The Morgan fingerprint density at radius 1 is 1.04 bits per heavy atom. The van der Waals surface area contributed by atoms with E-state index in [0.29, 0.717) is 17.0 Å². The summed E-state index contributed by atoms with van der Waals surface area (Å²) in [6, 6.07) is 12.9. The normalized spacial score (nSPS) is 10.3. The van der Waals surface area contributed by atoms with Gasteiger partial charge in [-0.25, -0.2) is 8.78 Å². The molecule has 0 saturated heterocycles. The van der Waals surface area contributed by atoms with Crippen molar-refractivity contribution < 1.29 is 13.5 Å². The fraction of sp³-hybridized carbons (Fsp3) is 0.0526. The Morgan fingerprint density at radius 3 is 2.40 bits per heavy atom. The number of aromatic nitrogens is 1. The molecule has 25 heavy (non-hydrogen) atoms. The monoisotopic (exact) mass is 338 g/mol. The van der Waals surface area contributed by atoms with Crippen LogP contribution < -0.4 is 10.3 Å². The Balaban J connectivity index is 2.24. The van der Waals surface area contributed by atoms with Gasteiger partial charge in [0.2, 0.25) is 0 Å². The number of H-pyrrole nitrogens is 1. The second kappa shape index (κ2) is 6.57. The fourth-order valence-electron chi connectivity index (χ4n) is 2.51. The first kappa shape index (κ1) is 16.4. The van der Waals surface area contributed by atoms with Crippen LogP contribution in [-0.2, 0) is 0 Å². The van der Waals surface area contributed by atoms with Gasteiger partial charge in [-0.05, 0) is 54.1 Å². The van der Waals surface area contributed by atoms with E-state index in [1.807, 2.05) is 0 Å². The summed E-state index contributed by atoms with van der Waals surface area (Å²) in [4.78, 5) is 14.8. The van der Waals surface area contributed by atoms with E-state index >= 15 is 0 Å². The third-order valence-electron chi connectivity index (χ3n) is 3.76. The largest absolute Gasteiger partial charge is 0.497 e. The number of hydrogen-bond donors (Lipinski definition) is 1. The van der Waals surface area contributed by atoms with Crippen LogP contribution in [0.5, 0.6) is 5.75 Å². The molecule has 6 heteroatoms. The zero-order chi connectivity index (χ0) is 18.0. The summed E-state index contributed by atoms with van der Waals surface area (Å²) in [5.74, 6) is -0.744. The Bertz CT molecular complexity index is 1030. The molecule has 1 N–H and O–H groups in total. The van der Waals surface area contributed by atoms with Crippen molar-refractivity contribution in [1.82, 2.24) is 4.98 Å². The second-order valence-corrected chi connectivity index (χ2v) is 5.27. The standard InChI is InChI=1S/C19H12F2N2O2/c1-25-13-5-2-11(3-6-13)18-9-14(16(10-22)19(24)23-18)15-8-12(20)4-7-17(15)21/h2-9H,1H3,(H,23,24). The third kappa shape index (κ3) is 3.12. The summed E-state index contributed by atoms with van der Waals surface area (Å²) in [6.45, 7) is 0. The second-order valence-electron chi connectivity index (χ2n) is 5.27. The Hall–Kier alpha value is -3.46. The van der Waals surface area contributed by atoms with Gasteiger partial charge in [0.15, 0.2) is 0 Å². The lowest BCUT2D eigenvalue weighted by Gasteiger charge is -2.09. The van der Waals surface area contributed by atoms with Gasteiger partial charge in [0, 0.05) is 16.8 Å². The zero-order valence-electron chi connectivity index (χ0n) is 13.1. The van der Waals surface area contributed by atoms with Gasteiger partial charge in [0.25, 0.3) is 5.56 Å². The zero-order valence-corrected chi connectivity index (χ0v) is 13.1. The molecule has 0 saturated carbocycles. The molecule has 0 atom stereocenters. The highest BCUT2D eigenvalue weighted by Crippen LogP contribution is 2.29. The summed E-state index contributed by atoms with van der Waals surface area (Å²) in [7, 11) is 1.53. The molecule has 1 aromatic heterocycles. The van der Waals surface area contributed by atoms with Crippen LogP contribution >= 0.6 is 0 Å². The summed E-state index contributed by atoms with van der Waals surface area (Å²) in [5.41, 5.74) is -0.0338. The summed E-state index contributed by atoms with van der Waals surface area (Å²) in [6.07, 6.45) is 0. The van der Waals surface area contributed by atoms with Crippen LogP contribution in [0.3, 0.4) is 0 Å². The van der Waals surface area contributed by atoms with Gasteiger partial charge >= 0.3 is 0 Å². The highest BCUT2D eigenvalue weighted by atomic mass is 19.1. The predicted octanol–water partition coefficient (Wildman–Crippen LogP) is 3.87. The van der Waals surface area contributed by atoms with Crippen molar-refractivity contribution in [3.8, 4) is 34.2 Å². The van der Waals surface area contributed by atoms with Crippen molar-refractivity contribution in [3.05, 3.63) is 76.1 Å². The van der Waals surface area contributed by atoms with E-state index in [0.717, 1.165) is 18.2 Å². The van der Waals surface area contributed by atoms with Gasteiger partial charge in [0.05, 0.1) is 7.11 Å². The number of hydrogen-bond acceptors (Lipinski definition) is 3. The maximum absolute atomic E-state index is 14.1. The van der Waals surface area contributed by atoms with Crippen LogP contribution in [0.25, 0.3) is 22.4 Å². The quantitative estimate of drug-likeness (QED) is 0.788. The van der Waals surface area contributed by atoms with Crippen molar-refractivity contribution >= 4 is 0 Å². The number of halogens is 2. The van der Waals surface area contributed by atoms with Gasteiger partial charge in [0.1, 0.15) is 29.0 Å². The summed E-state index contributed by atoms with van der Waals surface area (Å²) in [5, 5.41) is 9.25. The molecule has 3 rings (SSSR count). The first-order chi connectivity index (χ1) is 12.0. The Labute approximate surface area is 141 Å². The number of pyridine rings is 1. The molecule has 0 radical (unpaired) electrons. The number of benzene rings is 2. The fourth-order valence-corrected chi connectivity index (χ4v) is 2.51. The van der Waals surface area contributed by atoms with E-state index in [-0.39, 0.29) is 16.7 Å². The summed E-state index contributed by atoms with van der Waals surface area (Å²) < 4.78 is 32.7. The SMILES string of the molecule is COc1ccc(-c2cc(-c3cc(F)ccc3F)c(C#N)c(=O)[nH]2)cc1. The molecule has 0 aliphatic rings. The molecular weight excluding hydrogens is 326 g/mol. The van der Waals surface area contributed by atoms with Gasteiger partial charge in [-0.3, -0.25) is 4.79 Å². The average Bonchev–Trinajstić information content (AvgIpc) is 2.63. The molecule has 1 heterocycles. The molecule has 0 bridgehead atoms. The van der Waals surface area contributed by atoms with Crippen molar-refractivity contribution in [2.45, 2.75) is 0 Å². The number of aromatic amines is 1. The van der Waals surface area contributed by atoms with Crippen molar-refractivity contribution in [2.75, 3.05) is 7.11 Å². The molecule has 3 aromatic rings. The smallest absolute Gasteiger partial charge is 0.266 e. The van der Waals surface area contributed by atoms with Gasteiger partial charge < -0.3 is 9.72 Å². The lowest BCUT2D eigenvalue weighted by molar-refractivity contribution is 0.415. The van der Waals surface area contributed by atoms with Crippen LogP contribution in [-0.4, -0.2) is 12.1 Å². The first-order valence-corrected chi connectivity index (χ1v) is 7.30. The number of nitrogens with zero attached hydrogens (tertiary/aromatic N) is 1. The molecule has 4 nitrogen and oxygen atoms in total. The topological polar surface area (TPSA) is 65.9 Å². The Morgan fingerprint density at radius 2 is 1.76 bits per heavy atom. The van der Waals surface area contributed by atoms with E-state index < -0.39 is 17.2 Å². The highest BCUT2D eigenvalue weighted by Gasteiger charge is 2.16. The number of rotatable bonds is 3. The molecule has 124 valence electrons. The Kier molecular flexibility index (Phi) is 4.31. The van der Waals surface area contributed by atoms with Crippen LogP contribution in [0, 0.1) is 23.0 Å². The number of nitriles is 1. The van der Waals surface area contributed by atoms with E-state index in [9.17, 15) is 18.8 Å². The molecule has 0 amide bonds. The van der Waals surface area contributed by atoms with Crippen LogP contribution in [0.15, 0.2) is 53.3 Å². The molecule has 0 unspecified atom stereocenters. The molecule has 0 spiro atoms. The molecule has 0 aliphatic heterocycles. The van der Waals surface area contributed by atoms with Gasteiger partial charge in [-0.1, -0.05) is 0 Å². The molecule has 0 fully saturated rings. The van der Waals surface area contributed by atoms with Gasteiger partial charge in [-0.15, -0.1) is 0 Å². The van der Waals surface area contributed by atoms with E-state index in [2.05, 4.69) is 4.98 Å². The minimum atomic E-state index is -0.718. The number of ether oxygens (including phenoxy) is 1. The molecule has 0 aliphatic carbocycles. The molecule has 2 aromatic carbocycles. The third-order valence-corrected chi connectivity index (χ3v) is 3.76. The minimum Gasteiger partial charge on any atom is -0.497 e. The van der Waals surface area contributed by atoms with Crippen LogP contribution in [0.4, 0.5) is 8.78 Å². The van der Waals surface area contributed by atoms with E-state index in [1.165, 1.54) is 13.2 Å².